The molecule has 0 aliphatic heterocycles. The van der Waals surface area contributed by atoms with E-state index < -0.39 is 11.9 Å². The highest BCUT2D eigenvalue weighted by molar-refractivity contribution is 9.10. The summed E-state index contributed by atoms with van der Waals surface area (Å²) in [5.41, 5.74) is 8.05. The quantitative estimate of drug-likeness (QED) is 0.817. The van der Waals surface area contributed by atoms with Gasteiger partial charge in [-0.05, 0) is 34.1 Å². The molecule has 0 saturated heterocycles. The van der Waals surface area contributed by atoms with Crippen molar-refractivity contribution >= 4 is 33.6 Å². The molecule has 0 atom stereocenters. The highest BCUT2D eigenvalue weighted by Crippen LogP contribution is 2.15. The zero-order valence-electron chi connectivity index (χ0n) is 10.2. The van der Waals surface area contributed by atoms with Gasteiger partial charge < -0.3 is 10.6 Å². The second-order valence-electron chi connectivity index (χ2n) is 3.77. The Morgan fingerprint density at radius 2 is 1.95 bits per heavy atom. The molecule has 1 amide bonds. The SMILES string of the molecule is Nc1ncc(Br)cc1C(=O)NOC(=O)c1ccccc1. The lowest BCUT2D eigenvalue weighted by Gasteiger charge is -2.07. The maximum Gasteiger partial charge on any atom is 0.362 e. The lowest BCUT2D eigenvalue weighted by atomic mass is 10.2. The summed E-state index contributed by atoms with van der Waals surface area (Å²) >= 11 is 3.18. The van der Waals surface area contributed by atoms with Crippen LogP contribution >= 0.6 is 15.9 Å². The third-order valence-corrected chi connectivity index (χ3v) is 2.81. The van der Waals surface area contributed by atoms with E-state index in [2.05, 4.69) is 20.9 Å². The van der Waals surface area contributed by atoms with Crippen molar-refractivity contribution < 1.29 is 14.4 Å². The normalized spacial score (nSPS) is 9.85. The van der Waals surface area contributed by atoms with E-state index in [0.717, 1.165) is 0 Å². The van der Waals surface area contributed by atoms with E-state index in [1.54, 1.807) is 30.3 Å². The molecule has 2 aromatic rings. The number of nitrogens with zero attached hydrogens (tertiary/aromatic N) is 1. The molecule has 0 radical (unpaired) electrons. The predicted octanol–water partition coefficient (Wildman–Crippen LogP) is 1.93. The molecular formula is C13H10BrN3O3. The molecule has 0 aliphatic rings. The van der Waals surface area contributed by atoms with Crippen LogP contribution in [0.1, 0.15) is 20.7 Å². The Morgan fingerprint density at radius 3 is 2.65 bits per heavy atom. The van der Waals surface area contributed by atoms with Crippen LogP contribution in [0.4, 0.5) is 5.82 Å². The number of hydrogen-bond donors (Lipinski definition) is 2. The number of hydroxylamine groups is 1. The molecule has 1 heterocycles. The van der Waals surface area contributed by atoms with Crippen LogP contribution in [0.3, 0.4) is 0 Å². The van der Waals surface area contributed by atoms with Crippen molar-refractivity contribution in [2.75, 3.05) is 5.73 Å². The standard InChI is InChI=1S/C13H10BrN3O3/c14-9-6-10(11(15)16-7-9)12(18)17-20-13(19)8-4-2-1-3-5-8/h1-7H,(H2,15,16)(H,17,18). The smallest absolute Gasteiger partial charge is 0.362 e. The van der Waals surface area contributed by atoms with E-state index in [1.807, 2.05) is 5.48 Å². The number of pyridine rings is 1. The van der Waals surface area contributed by atoms with Gasteiger partial charge in [-0.25, -0.2) is 9.78 Å². The number of halogens is 1. The highest BCUT2D eigenvalue weighted by Gasteiger charge is 2.14. The monoisotopic (exact) mass is 335 g/mol. The molecule has 6 nitrogen and oxygen atoms in total. The number of carbonyl (C=O) groups excluding carboxylic acids is 2. The van der Waals surface area contributed by atoms with Crippen molar-refractivity contribution in [2.45, 2.75) is 0 Å². The first-order valence-corrected chi connectivity index (χ1v) is 6.35. The van der Waals surface area contributed by atoms with Gasteiger partial charge in [0.15, 0.2) is 0 Å². The maximum atomic E-state index is 11.8. The minimum atomic E-state index is -0.666. The van der Waals surface area contributed by atoms with E-state index in [0.29, 0.717) is 10.0 Å². The maximum absolute atomic E-state index is 11.8. The van der Waals surface area contributed by atoms with Crippen molar-refractivity contribution in [1.82, 2.24) is 10.5 Å². The average Bonchev–Trinajstić information content (AvgIpc) is 2.47. The number of nitrogens with two attached hydrogens (primary N) is 1. The van der Waals surface area contributed by atoms with E-state index >= 15 is 0 Å². The number of hydrogen-bond acceptors (Lipinski definition) is 5. The second kappa shape index (κ2) is 6.16. The Morgan fingerprint density at radius 1 is 1.25 bits per heavy atom. The molecule has 0 unspecified atom stereocenters. The summed E-state index contributed by atoms with van der Waals surface area (Å²) in [5, 5.41) is 0. The second-order valence-corrected chi connectivity index (χ2v) is 4.69. The Labute approximate surface area is 123 Å². The van der Waals surface area contributed by atoms with Crippen molar-refractivity contribution in [2.24, 2.45) is 0 Å². The first-order valence-electron chi connectivity index (χ1n) is 5.55. The third kappa shape index (κ3) is 3.33. The Balaban J connectivity index is 2.02. The van der Waals surface area contributed by atoms with Crippen LogP contribution in [-0.4, -0.2) is 16.9 Å². The number of rotatable bonds is 2. The molecule has 102 valence electrons. The summed E-state index contributed by atoms with van der Waals surface area (Å²) in [5.74, 6) is -1.28. The zero-order valence-corrected chi connectivity index (χ0v) is 11.8. The van der Waals surface area contributed by atoms with E-state index in [9.17, 15) is 9.59 Å². The Bertz CT molecular complexity index is 647. The molecule has 0 saturated carbocycles. The molecule has 0 bridgehead atoms. The zero-order chi connectivity index (χ0) is 14.5. The van der Waals surface area contributed by atoms with Gasteiger partial charge in [0.1, 0.15) is 5.82 Å². The molecule has 0 spiro atoms. The van der Waals surface area contributed by atoms with Crippen LogP contribution in [0.25, 0.3) is 0 Å². The summed E-state index contributed by atoms with van der Waals surface area (Å²) < 4.78 is 0.589. The number of benzene rings is 1. The number of aromatic nitrogens is 1. The van der Waals surface area contributed by atoms with Gasteiger partial charge in [0, 0.05) is 10.7 Å². The predicted molar refractivity (Wildman–Crippen MR) is 75.7 cm³/mol. The lowest BCUT2D eigenvalue weighted by molar-refractivity contribution is 0.0230. The third-order valence-electron chi connectivity index (χ3n) is 2.38. The fourth-order valence-corrected chi connectivity index (χ4v) is 1.74. The van der Waals surface area contributed by atoms with Crippen LogP contribution < -0.4 is 11.2 Å². The lowest BCUT2D eigenvalue weighted by Crippen LogP contribution is -2.28. The summed E-state index contributed by atoms with van der Waals surface area (Å²) in [4.78, 5) is 32.0. The topological polar surface area (TPSA) is 94.3 Å². The number of anilines is 1. The summed E-state index contributed by atoms with van der Waals surface area (Å²) in [7, 11) is 0. The Kier molecular flexibility index (Phi) is 4.31. The van der Waals surface area contributed by atoms with Crippen LogP contribution in [0.2, 0.25) is 0 Å². The van der Waals surface area contributed by atoms with Gasteiger partial charge in [0.25, 0.3) is 5.91 Å². The summed E-state index contributed by atoms with van der Waals surface area (Å²) in [6.07, 6.45) is 1.46. The van der Waals surface area contributed by atoms with Gasteiger partial charge in [-0.3, -0.25) is 4.79 Å². The summed E-state index contributed by atoms with van der Waals surface area (Å²) in [6, 6.07) is 9.77. The molecule has 0 fully saturated rings. The Hall–Kier alpha value is -2.41. The van der Waals surface area contributed by atoms with Gasteiger partial charge in [0.05, 0.1) is 11.1 Å². The number of amides is 1. The van der Waals surface area contributed by atoms with Crippen molar-refractivity contribution in [3.05, 3.63) is 58.2 Å². The van der Waals surface area contributed by atoms with Crippen molar-refractivity contribution in [3.8, 4) is 0 Å². The van der Waals surface area contributed by atoms with Gasteiger partial charge >= 0.3 is 5.97 Å². The van der Waals surface area contributed by atoms with E-state index in [1.165, 1.54) is 12.3 Å². The number of carbonyl (C=O) groups is 2. The fourth-order valence-electron chi connectivity index (χ4n) is 1.41. The van der Waals surface area contributed by atoms with Gasteiger partial charge in [-0.1, -0.05) is 18.2 Å². The van der Waals surface area contributed by atoms with Crippen molar-refractivity contribution in [1.29, 1.82) is 0 Å². The van der Waals surface area contributed by atoms with Crippen LogP contribution in [-0.2, 0) is 4.84 Å². The molecule has 3 N–H and O–H groups in total. The molecule has 0 aliphatic carbocycles. The van der Waals surface area contributed by atoms with Gasteiger partial charge in [0.2, 0.25) is 0 Å². The number of nitrogens with one attached hydrogen (secondary N) is 1. The van der Waals surface area contributed by atoms with Crippen LogP contribution in [0.5, 0.6) is 0 Å². The molecule has 2 rings (SSSR count). The van der Waals surface area contributed by atoms with Gasteiger partial charge in [-0.2, -0.15) is 5.48 Å². The highest BCUT2D eigenvalue weighted by atomic mass is 79.9. The molecule has 7 heteroatoms. The van der Waals surface area contributed by atoms with E-state index in [4.69, 9.17) is 10.6 Å². The minimum absolute atomic E-state index is 0.0430. The molecule has 1 aromatic heterocycles. The summed E-state index contributed by atoms with van der Waals surface area (Å²) in [6.45, 7) is 0. The van der Waals surface area contributed by atoms with Crippen LogP contribution in [0.15, 0.2) is 47.1 Å². The van der Waals surface area contributed by atoms with Gasteiger partial charge in [-0.15, -0.1) is 0 Å². The van der Waals surface area contributed by atoms with Crippen LogP contribution in [0, 0.1) is 0 Å². The van der Waals surface area contributed by atoms with E-state index in [-0.39, 0.29) is 11.4 Å². The molecule has 20 heavy (non-hydrogen) atoms. The van der Waals surface area contributed by atoms with Crippen molar-refractivity contribution in [3.63, 3.8) is 0 Å². The average molecular weight is 336 g/mol. The largest absolute Gasteiger partial charge is 0.383 e. The fraction of sp³-hybridized carbons (Fsp3) is 0. The first kappa shape index (κ1) is 14.0. The minimum Gasteiger partial charge on any atom is -0.383 e. The molecular weight excluding hydrogens is 326 g/mol. The molecule has 1 aromatic carbocycles. The first-order chi connectivity index (χ1) is 9.58. The number of nitrogen functional groups attached to an aromatic ring is 1.